The van der Waals surface area contributed by atoms with E-state index in [9.17, 15) is 0 Å². The number of aliphatic imine (C=N–C) groups is 1. The van der Waals surface area contributed by atoms with Gasteiger partial charge in [-0.25, -0.2) is 0 Å². The number of guanidine groups is 1. The molecule has 0 unspecified atom stereocenters. The minimum atomic E-state index is 0. The van der Waals surface area contributed by atoms with E-state index in [1.807, 2.05) is 12.1 Å². The van der Waals surface area contributed by atoms with Crippen LogP contribution < -0.4 is 20.1 Å². The summed E-state index contributed by atoms with van der Waals surface area (Å²) >= 11 is 6.20. The third kappa shape index (κ3) is 5.10. The highest BCUT2D eigenvalue weighted by atomic mass is 127. The normalized spacial score (nSPS) is 13.4. The zero-order valence-corrected chi connectivity index (χ0v) is 15.3. The maximum Gasteiger partial charge on any atom is 0.191 e. The van der Waals surface area contributed by atoms with Crippen LogP contribution in [-0.4, -0.2) is 32.8 Å². The van der Waals surface area contributed by atoms with Gasteiger partial charge in [-0.3, -0.25) is 4.99 Å². The van der Waals surface area contributed by atoms with Gasteiger partial charge in [0.2, 0.25) is 0 Å². The van der Waals surface area contributed by atoms with Gasteiger partial charge in [-0.15, -0.1) is 24.0 Å². The van der Waals surface area contributed by atoms with Gasteiger partial charge in [-0.1, -0.05) is 18.5 Å². The van der Waals surface area contributed by atoms with Crippen molar-refractivity contribution in [1.29, 1.82) is 0 Å². The summed E-state index contributed by atoms with van der Waals surface area (Å²) in [5.41, 5.74) is 1.03. The van der Waals surface area contributed by atoms with Gasteiger partial charge in [-0.05, 0) is 24.1 Å². The largest absolute Gasteiger partial charge is 0.486 e. The van der Waals surface area contributed by atoms with E-state index in [4.69, 9.17) is 21.1 Å². The summed E-state index contributed by atoms with van der Waals surface area (Å²) in [6.07, 6.45) is 1.05. The molecular weight excluding hydrogens is 405 g/mol. The molecule has 1 aromatic carbocycles. The average Bonchev–Trinajstić information content (AvgIpc) is 2.47. The van der Waals surface area contributed by atoms with Gasteiger partial charge in [0.1, 0.15) is 13.2 Å². The van der Waals surface area contributed by atoms with Gasteiger partial charge in [0.25, 0.3) is 0 Å². The molecule has 0 radical (unpaired) electrons. The molecule has 0 saturated heterocycles. The third-order valence-electron chi connectivity index (χ3n) is 2.88. The zero-order chi connectivity index (χ0) is 14.4. The molecule has 2 N–H and O–H groups in total. The Morgan fingerprint density at radius 3 is 2.76 bits per heavy atom. The van der Waals surface area contributed by atoms with Gasteiger partial charge in [0.15, 0.2) is 17.5 Å². The number of benzene rings is 1. The molecule has 7 heteroatoms. The highest BCUT2D eigenvalue weighted by Crippen LogP contribution is 2.38. The molecule has 21 heavy (non-hydrogen) atoms. The van der Waals surface area contributed by atoms with Crippen LogP contribution in [0, 0.1) is 0 Å². The zero-order valence-electron chi connectivity index (χ0n) is 12.2. The van der Waals surface area contributed by atoms with Crippen LogP contribution in [0.4, 0.5) is 0 Å². The lowest BCUT2D eigenvalue weighted by Gasteiger charge is -2.20. The van der Waals surface area contributed by atoms with Crippen molar-refractivity contribution >= 4 is 41.5 Å². The second kappa shape index (κ2) is 9.19. The van der Waals surface area contributed by atoms with Crippen molar-refractivity contribution in [3.63, 3.8) is 0 Å². The first-order valence-electron chi connectivity index (χ1n) is 6.77. The van der Waals surface area contributed by atoms with E-state index in [-0.39, 0.29) is 24.0 Å². The lowest BCUT2D eigenvalue weighted by molar-refractivity contribution is 0.171. The molecule has 118 valence electrons. The fourth-order valence-corrected chi connectivity index (χ4v) is 2.20. The standard InChI is InChI=1S/C14H20ClN3O2.HI/c1-3-4-17-14(16-2)18-9-10-7-11(15)13-12(8-10)19-5-6-20-13;/h7-8H,3-6,9H2,1-2H3,(H2,16,17,18);1H. The van der Waals surface area contributed by atoms with Crippen molar-refractivity contribution in [2.45, 2.75) is 19.9 Å². The molecular formula is C14H21ClIN3O2. The van der Waals surface area contributed by atoms with Crippen LogP contribution in [0.2, 0.25) is 5.02 Å². The smallest absolute Gasteiger partial charge is 0.191 e. The minimum Gasteiger partial charge on any atom is -0.486 e. The Kier molecular flexibility index (Phi) is 7.95. The summed E-state index contributed by atoms with van der Waals surface area (Å²) in [6.45, 7) is 4.72. The lowest BCUT2D eigenvalue weighted by atomic mass is 10.2. The summed E-state index contributed by atoms with van der Waals surface area (Å²) < 4.78 is 11.1. The number of nitrogens with zero attached hydrogens (tertiary/aromatic N) is 1. The number of hydrogen-bond donors (Lipinski definition) is 2. The van der Waals surface area contributed by atoms with Gasteiger partial charge >= 0.3 is 0 Å². The fourth-order valence-electron chi connectivity index (χ4n) is 1.92. The van der Waals surface area contributed by atoms with Crippen molar-refractivity contribution in [2.75, 3.05) is 26.8 Å². The second-order valence-corrected chi connectivity index (χ2v) is 4.86. The molecule has 2 rings (SSSR count). The Morgan fingerprint density at radius 2 is 2.05 bits per heavy atom. The monoisotopic (exact) mass is 425 g/mol. The number of hydrogen-bond acceptors (Lipinski definition) is 3. The predicted octanol–water partition coefficient (Wildman–Crippen LogP) is 2.80. The SMILES string of the molecule is CCCNC(=NC)NCc1cc(Cl)c2c(c1)OCCO2.I. The molecule has 0 amide bonds. The number of rotatable bonds is 4. The molecule has 1 aliphatic heterocycles. The fraction of sp³-hybridized carbons (Fsp3) is 0.500. The molecule has 0 spiro atoms. The van der Waals surface area contributed by atoms with Crippen molar-refractivity contribution in [2.24, 2.45) is 4.99 Å². The number of fused-ring (bicyclic) bond motifs is 1. The van der Waals surface area contributed by atoms with Crippen molar-refractivity contribution in [1.82, 2.24) is 10.6 Å². The first kappa shape index (κ1) is 18.2. The van der Waals surface area contributed by atoms with Crippen LogP contribution in [0.25, 0.3) is 0 Å². The summed E-state index contributed by atoms with van der Waals surface area (Å²) in [7, 11) is 1.75. The topological polar surface area (TPSA) is 54.9 Å². The summed E-state index contributed by atoms with van der Waals surface area (Å²) in [5, 5.41) is 7.03. The summed E-state index contributed by atoms with van der Waals surface area (Å²) in [6, 6.07) is 3.83. The number of halogens is 2. The molecule has 0 saturated carbocycles. The van der Waals surface area contributed by atoms with Crippen LogP contribution in [0.5, 0.6) is 11.5 Å². The van der Waals surface area contributed by atoms with E-state index in [2.05, 4.69) is 22.5 Å². The quantitative estimate of drug-likeness (QED) is 0.442. The van der Waals surface area contributed by atoms with Gasteiger partial charge in [0, 0.05) is 20.1 Å². The van der Waals surface area contributed by atoms with E-state index in [0.717, 1.165) is 24.5 Å². The van der Waals surface area contributed by atoms with Crippen molar-refractivity contribution in [3.8, 4) is 11.5 Å². The molecule has 0 bridgehead atoms. The molecule has 5 nitrogen and oxygen atoms in total. The maximum absolute atomic E-state index is 6.20. The minimum absolute atomic E-state index is 0. The van der Waals surface area contributed by atoms with Gasteiger partial charge in [0.05, 0.1) is 5.02 Å². The van der Waals surface area contributed by atoms with Crippen LogP contribution in [-0.2, 0) is 6.54 Å². The maximum atomic E-state index is 6.20. The van der Waals surface area contributed by atoms with Crippen LogP contribution in [0.1, 0.15) is 18.9 Å². The molecule has 1 aromatic rings. The molecule has 0 fully saturated rings. The molecule has 0 aromatic heterocycles. The molecule has 0 atom stereocenters. The van der Waals surface area contributed by atoms with Crippen LogP contribution in [0.3, 0.4) is 0 Å². The second-order valence-electron chi connectivity index (χ2n) is 4.45. The Bertz CT molecular complexity index is 497. The van der Waals surface area contributed by atoms with E-state index in [1.165, 1.54) is 0 Å². The van der Waals surface area contributed by atoms with Crippen LogP contribution >= 0.6 is 35.6 Å². The van der Waals surface area contributed by atoms with Gasteiger partial charge < -0.3 is 20.1 Å². The predicted molar refractivity (Wildman–Crippen MR) is 96.3 cm³/mol. The van der Waals surface area contributed by atoms with Gasteiger partial charge in [-0.2, -0.15) is 0 Å². The summed E-state index contributed by atoms with van der Waals surface area (Å²) in [5.74, 6) is 2.12. The third-order valence-corrected chi connectivity index (χ3v) is 3.16. The summed E-state index contributed by atoms with van der Waals surface area (Å²) in [4.78, 5) is 4.16. The Hall–Kier alpha value is -0.890. The molecule has 1 aliphatic rings. The van der Waals surface area contributed by atoms with E-state index in [0.29, 0.717) is 36.3 Å². The number of ether oxygens (including phenoxy) is 2. The average molecular weight is 426 g/mol. The Labute approximate surface area is 147 Å². The molecule has 0 aliphatic carbocycles. The Balaban J connectivity index is 0.00000220. The van der Waals surface area contributed by atoms with E-state index in [1.54, 1.807) is 7.05 Å². The Morgan fingerprint density at radius 1 is 1.29 bits per heavy atom. The van der Waals surface area contributed by atoms with Crippen molar-refractivity contribution in [3.05, 3.63) is 22.7 Å². The highest BCUT2D eigenvalue weighted by molar-refractivity contribution is 14.0. The van der Waals surface area contributed by atoms with E-state index >= 15 is 0 Å². The molecule has 1 heterocycles. The lowest BCUT2D eigenvalue weighted by Crippen LogP contribution is -2.37. The van der Waals surface area contributed by atoms with Crippen LogP contribution in [0.15, 0.2) is 17.1 Å². The highest BCUT2D eigenvalue weighted by Gasteiger charge is 2.16. The first-order chi connectivity index (χ1) is 9.74. The van der Waals surface area contributed by atoms with Crippen molar-refractivity contribution < 1.29 is 9.47 Å². The number of nitrogens with one attached hydrogen (secondary N) is 2. The van der Waals surface area contributed by atoms with E-state index < -0.39 is 0 Å². The first-order valence-corrected chi connectivity index (χ1v) is 7.15.